The number of anilines is 1. The van der Waals surface area contributed by atoms with Crippen LogP contribution in [0.5, 0.6) is 0 Å². The Hall–Kier alpha value is -4.14. The van der Waals surface area contributed by atoms with Gasteiger partial charge >= 0.3 is 12.0 Å². The maximum atomic E-state index is 13.4. The van der Waals surface area contributed by atoms with Crippen LogP contribution in [0.4, 0.5) is 10.5 Å². The highest BCUT2D eigenvalue weighted by Gasteiger charge is 2.55. The molecule has 0 spiro atoms. The van der Waals surface area contributed by atoms with Gasteiger partial charge in [0.05, 0.1) is 12.8 Å². The van der Waals surface area contributed by atoms with Gasteiger partial charge in [-0.05, 0) is 37.1 Å². The number of urea groups is 1. The third-order valence-corrected chi connectivity index (χ3v) is 6.54. The van der Waals surface area contributed by atoms with Gasteiger partial charge in [-0.15, -0.1) is 0 Å². The van der Waals surface area contributed by atoms with Crippen molar-refractivity contribution in [2.24, 2.45) is 4.99 Å². The fourth-order valence-corrected chi connectivity index (χ4v) is 4.51. The number of methoxy groups -OCH3 is 1. The maximum Gasteiger partial charge on any atom is 0.328 e. The molecule has 3 amide bonds. The molecule has 3 aliphatic heterocycles. The van der Waals surface area contributed by atoms with Gasteiger partial charge in [0.1, 0.15) is 6.54 Å². The van der Waals surface area contributed by atoms with Gasteiger partial charge in [-0.3, -0.25) is 24.3 Å². The number of ether oxygens (including phenoxy) is 1. The molecule has 174 valence electrons. The normalized spacial score (nSPS) is 21.4. The number of aryl methyl sites for hydroxylation is 2. The van der Waals surface area contributed by atoms with Crippen LogP contribution in [-0.2, 0) is 14.3 Å². The smallest absolute Gasteiger partial charge is 0.328 e. The fraction of sp³-hybridized carbons (Fsp3) is 0.280. The molecule has 0 saturated carbocycles. The molecule has 9 nitrogen and oxygen atoms in total. The Bertz CT molecular complexity index is 1260. The summed E-state index contributed by atoms with van der Waals surface area (Å²) in [5.74, 6) is -0.584. The second-order valence-corrected chi connectivity index (χ2v) is 8.57. The summed E-state index contributed by atoms with van der Waals surface area (Å²) in [6.07, 6.45) is 1.19. The quantitative estimate of drug-likeness (QED) is 0.654. The van der Waals surface area contributed by atoms with Crippen molar-refractivity contribution in [2.75, 3.05) is 25.6 Å². The minimum atomic E-state index is -0.780. The Balaban J connectivity index is 1.60. The first-order valence-electron chi connectivity index (χ1n) is 11.0. The number of benzene rings is 2. The highest BCUT2D eigenvalue weighted by molar-refractivity contribution is 6.16. The van der Waals surface area contributed by atoms with Gasteiger partial charge in [0.15, 0.2) is 12.2 Å². The summed E-state index contributed by atoms with van der Waals surface area (Å²) in [6, 6.07) is 14.7. The molecule has 0 N–H and O–H groups in total. The fourth-order valence-electron chi connectivity index (χ4n) is 4.51. The minimum absolute atomic E-state index is 0.443. The van der Waals surface area contributed by atoms with Crippen molar-refractivity contribution in [3.8, 4) is 0 Å². The molecular weight excluding hydrogens is 434 g/mol. The SMILES string of the molecule is COC(=O)CN1C(=O)C2C(N=C3N(c4ccc(C)c(C)c4)C(c4ccccc4)=CN32)N(C)C1=O. The summed E-state index contributed by atoms with van der Waals surface area (Å²) in [5.41, 5.74) is 5.05. The molecule has 3 aliphatic rings. The van der Waals surface area contributed by atoms with E-state index in [0.717, 1.165) is 27.4 Å². The summed E-state index contributed by atoms with van der Waals surface area (Å²) in [6.45, 7) is 3.66. The van der Waals surface area contributed by atoms with Crippen molar-refractivity contribution >= 4 is 35.3 Å². The molecule has 2 aromatic rings. The minimum Gasteiger partial charge on any atom is -0.468 e. The molecule has 2 atom stereocenters. The maximum absolute atomic E-state index is 13.4. The van der Waals surface area contributed by atoms with Crippen molar-refractivity contribution < 1.29 is 19.1 Å². The average molecular weight is 460 g/mol. The number of esters is 1. The number of amides is 3. The van der Waals surface area contributed by atoms with Crippen LogP contribution in [0.15, 0.2) is 59.7 Å². The van der Waals surface area contributed by atoms with Crippen LogP contribution in [-0.4, -0.2) is 71.5 Å². The van der Waals surface area contributed by atoms with Crippen LogP contribution < -0.4 is 4.90 Å². The molecule has 0 aliphatic carbocycles. The van der Waals surface area contributed by atoms with E-state index in [0.29, 0.717) is 5.96 Å². The molecule has 5 rings (SSSR count). The van der Waals surface area contributed by atoms with Crippen LogP contribution in [0.25, 0.3) is 5.70 Å². The lowest BCUT2D eigenvalue weighted by Crippen LogP contribution is -2.65. The molecule has 34 heavy (non-hydrogen) atoms. The van der Waals surface area contributed by atoms with Crippen LogP contribution in [0.2, 0.25) is 0 Å². The first kappa shape index (κ1) is 21.7. The lowest BCUT2D eigenvalue weighted by Gasteiger charge is -2.39. The number of fused-ring (bicyclic) bond motifs is 3. The molecule has 1 fully saturated rings. The van der Waals surface area contributed by atoms with E-state index in [9.17, 15) is 14.4 Å². The molecule has 0 bridgehead atoms. The molecule has 2 unspecified atom stereocenters. The first-order chi connectivity index (χ1) is 16.3. The van der Waals surface area contributed by atoms with Crippen molar-refractivity contribution in [1.82, 2.24) is 14.7 Å². The first-order valence-corrected chi connectivity index (χ1v) is 11.0. The Labute approximate surface area is 197 Å². The number of likely N-dealkylation sites (N-methyl/N-ethyl adjacent to an activating group) is 1. The second kappa shape index (κ2) is 8.02. The topological polar surface area (TPSA) is 85.8 Å². The van der Waals surface area contributed by atoms with E-state index < -0.39 is 36.7 Å². The number of hydrogen-bond donors (Lipinski definition) is 0. The second-order valence-electron chi connectivity index (χ2n) is 8.57. The van der Waals surface area contributed by atoms with Crippen LogP contribution >= 0.6 is 0 Å². The zero-order valence-electron chi connectivity index (χ0n) is 19.4. The molecule has 0 aromatic heterocycles. The number of carbonyl (C=O) groups is 3. The standard InChI is InChI=1S/C25H25N5O4/c1-15-10-11-18(12-16(15)2)30-19(17-8-6-5-7-9-17)13-28-21-22(26-24(28)30)27(3)25(33)29(23(21)32)14-20(31)34-4/h5-13,21-22H,14H2,1-4H3. The highest BCUT2D eigenvalue weighted by atomic mass is 16.5. The highest BCUT2D eigenvalue weighted by Crippen LogP contribution is 2.40. The number of rotatable bonds is 4. The number of aliphatic imine (C=N–C) groups is 1. The summed E-state index contributed by atoms with van der Waals surface area (Å²) in [5, 5.41) is 0. The van der Waals surface area contributed by atoms with Crippen LogP contribution in [0.1, 0.15) is 16.7 Å². The van der Waals surface area contributed by atoms with E-state index in [-0.39, 0.29) is 0 Å². The van der Waals surface area contributed by atoms with Gasteiger partial charge in [-0.25, -0.2) is 9.79 Å². The summed E-state index contributed by atoms with van der Waals surface area (Å²) in [4.78, 5) is 49.2. The van der Waals surface area contributed by atoms with Gasteiger partial charge < -0.3 is 9.64 Å². The monoisotopic (exact) mass is 459 g/mol. The van der Waals surface area contributed by atoms with Gasteiger partial charge in [-0.2, -0.15) is 0 Å². The predicted molar refractivity (Wildman–Crippen MR) is 127 cm³/mol. The van der Waals surface area contributed by atoms with Gasteiger partial charge in [0, 0.05) is 24.5 Å². The van der Waals surface area contributed by atoms with Gasteiger partial charge in [-0.1, -0.05) is 36.4 Å². The Morgan fingerprint density at radius 1 is 1.06 bits per heavy atom. The number of nitrogens with zero attached hydrogens (tertiary/aromatic N) is 5. The van der Waals surface area contributed by atoms with E-state index >= 15 is 0 Å². The summed E-state index contributed by atoms with van der Waals surface area (Å²) in [7, 11) is 2.81. The molecule has 1 saturated heterocycles. The van der Waals surface area contributed by atoms with Crippen LogP contribution in [0, 0.1) is 13.8 Å². The molecule has 0 radical (unpaired) electrons. The van der Waals surface area contributed by atoms with Crippen molar-refractivity contribution in [3.63, 3.8) is 0 Å². The van der Waals surface area contributed by atoms with Crippen molar-refractivity contribution in [2.45, 2.75) is 26.1 Å². The van der Waals surface area contributed by atoms with Crippen molar-refractivity contribution in [3.05, 3.63) is 71.4 Å². The van der Waals surface area contributed by atoms with E-state index in [4.69, 9.17) is 4.99 Å². The summed E-state index contributed by atoms with van der Waals surface area (Å²) >= 11 is 0. The van der Waals surface area contributed by atoms with E-state index in [1.807, 2.05) is 47.5 Å². The molecule has 2 aromatic carbocycles. The third kappa shape index (κ3) is 3.23. The van der Waals surface area contributed by atoms with E-state index in [1.54, 1.807) is 11.9 Å². The van der Waals surface area contributed by atoms with E-state index in [2.05, 4.69) is 30.7 Å². The lowest BCUT2D eigenvalue weighted by molar-refractivity contribution is -0.148. The summed E-state index contributed by atoms with van der Waals surface area (Å²) < 4.78 is 4.69. The number of hydrogen-bond acceptors (Lipinski definition) is 7. The average Bonchev–Trinajstić information content (AvgIpc) is 3.39. The Morgan fingerprint density at radius 2 is 1.79 bits per heavy atom. The van der Waals surface area contributed by atoms with Gasteiger partial charge in [0.2, 0.25) is 5.96 Å². The third-order valence-electron chi connectivity index (χ3n) is 6.54. The number of carbonyl (C=O) groups excluding carboxylic acids is 3. The zero-order chi connectivity index (χ0) is 24.1. The van der Waals surface area contributed by atoms with Crippen molar-refractivity contribution in [1.29, 1.82) is 0 Å². The predicted octanol–water partition coefficient (Wildman–Crippen LogP) is 2.56. The molecular formula is C25H25N5O4. The zero-order valence-corrected chi connectivity index (χ0v) is 19.4. The molecule has 3 heterocycles. The number of imide groups is 1. The van der Waals surface area contributed by atoms with E-state index in [1.165, 1.54) is 17.6 Å². The Kier molecular flexibility index (Phi) is 5.11. The largest absolute Gasteiger partial charge is 0.468 e. The Morgan fingerprint density at radius 3 is 2.47 bits per heavy atom. The van der Waals surface area contributed by atoms with Crippen LogP contribution in [0.3, 0.4) is 0 Å². The molecule has 9 heteroatoms. The van der Waals surface area contributed by atoms with Gasteiger partial charge in [0.25, 0.3) is 5.91 Å². The lowest BCUT2D eigenvalue weighted by atomic mass is 10.1. The number of guanidine groups is 1.